The Morgan fingerprint density at radius 3 is 2.44 bits per heavy atom. The molecule has 0 saturated carbocycles. The first-order chi connectivity index (χ1) is 15.3. The van der Waals surface area contributed by atoms with Gasteiger partial charge in [0.25, 0.3) is 11.8 Å². The second-order valence-electron chi connectivity index (χ2n) is 7.68. The maximum absolute atomic E-state index is 12.6. The van der Waals surface area contributed by atoms with Crippen LogP contribution in [0, 0.1) is 0 Å². The molecule has 1 heterocycles. The van der Waals surface area contributed by atoms with Crippen LogP contribution in [0.1, 0.15) is 41.4 Å². The van der Waals surface area contributed by atoms with Crippen molar-refractivity contribution in [3.05, 3.63) is 89.1 Å². The van der Waals surface area contributed by atoms with E-state index in [0.717, 1.165) is 16.8 Å². The Balaban J connectivity index is 1.53. The number of allylic oxidation sites excluding steroid dienone is 1. The van der Waals surface area contributed by atoms with Gasteiger partial charge in [-0.15, -0.1) is 0 Å². The van der Waals surface area contributed by atoms with E-state index in [-0.39, 0.29) is 11.8 Å². The number of carbonyl (C=O) groups is 2. The molecule has 0 spiro atoms. The van der Waals surface area contributed by atoms with E-state index in [9.17, 15) is 14.7 Å². The van der Waals surface area contributed by atoms with Crippen LogP contribution in [0.25, 0.3) is 5.57 Å². The third-order valence-electron chi connectivity index (χ3n) is 5.33. The minimum atomic E-state index is -0.629. The van der Waals surface area contributed by atoms with Crippen molar-refractivity contribution in [3.63, 3.8) is 0 Å². The highest BCUT2D eigenvalue weighted by Crippen LogP contribution is 2.36. The molecule has 2 amide bonds. The predicted molar refractivity (Wildman–Crippen MR) is 127 cm³/mol. The van der Waals surface area contributed by atoms with Crippen LogP contribution < -0.4 is 21.7 Å². The van der Waals surface area contributed by atoms with Crippen molar-refractivity contribution in [1.29, 1.82) is 0 Å². The number of aliphatic hydroxyl groups is 1. The summed E-state index contributed by atoms with van der Waals surface area (Å²) in [4.78, 5) is 25.1. The third-order valence-corrected chi connectivity index (χ3v) is 5.33. The molecule has 0 aliphatic carbocycles. The van der Waals surface area contributed by atoms with E-state index in [1.165, 1.54) is 0 Å². The Kier molecular flexibility index (Phi) is 5.66. The molecule has 7 heteroatoms. The predicted octanol–water partition coefficient (Wildman–Crippen LogP) is 4.37. The summed E-state index contributed by atoms with van der Waals surface area (Å²) in [5.41, 5.74) is 11.5. The third kappa shape index (κ3) is 4.19. The fraction of sp³-hybridized carbons (Fsp3) is 0.120. The molecule has 0 bridgehead atoms. The average Bonchev–Trinajstić information content (AvgIpc) is 3.10. The number of carbonyl (C=O) groups excluding carboxylic acids is 2. The Morgan fingerprint density at radius 1 is 1.03 bits per heavy atom. The van der Waals surface area contributed by atoms with E-state index in [1.807, 2.05) is 13.0 Å². The zero-order chi connectivity index (χ0) is 22.8. The highest BCUT2D eigenvalue weighted by molar-refractivity contribution is 6.32. The quantitative estimate of drug-likeness (QED) is 0.306. The van der Waals surface area contributed by atoms with Gasteiger partial charge >= 0.3 is 0 Å². The van der Waals surface area contributed by atoms with E-state index in [1.54, 1.807) is 67.6 Å². The van der Waals surface area contributed by atoms with E-state index in [2.05, 4.69) is 16.0 Å². The van der Waals surface area contributed by atoms with Crippen LogP contribution >= 0.6 is 0 Å². The summed E-state index contributed by atoms with van der Waals surface area (Å²) in [7, 11) is 0. The second kappa shape index (κ2) is 8.56. The minimum absolute atomic E-state index is 0.204. The number of para-hydroxylation sites is 2. The molecule has 0 saturated heterocycles. The van der Waals surface area contributed by atoms with Crippen molar-refractivity contribution >= 4 is 40.1 Å². The second-order valence-corrected chi connectivity index (χ2v) is 7.68. The standard InChI is InChI=1S/C25H24N4O3/c1-14(23-19-13-17(15(2)30)9-12-21(19)28-25(23)32)27-18-10-7-16(8-11-18)24(31)29-22-6-4-3-5-20(22)26/h3-13,15,27,30H,26H2,1-2H3,(H,28,32)(H,29,31)/b23-14-. The van der Waals surface area contributed by atoms with Crippen molar-refractivity contribution in [2.75, 3.05) is 21.7 Å². The normalized spacial score (nSPS) is 14.9. The van der Waals surface area contributed by atoms with Gasteiger partial charge in [0.15, 0.2) is 0 Å². The number of fused-ring (bicyclic) bond motifs is 1. The Hall–Kier alpha value is -4.10. The molecule has 162 valence electrons. The Bertz CT molecular complexity index is 1230. The first-order valence-electron chi connectivity index (χ1n) is 10.2. The number of hydrogen-bond donors (Lipinski definition) is 5. The van der Waals surface area contributed by atoms with Crippen LogP contribution in [-0.4, -0.2) is 16.9 Å². The molecule has 0 radical (unpaired) electrons. The summed E-state index contributed by atoms with van der Waals surface area (Å²) in [5, 5.41) is 18.8. The van der Waals surface area contributed by atoms with E-state index in [0.29, 0.717) is 33.9 Å². The summed E-state index contributed by atoms with van der Waals surface area (Å²) in [6, 6.07) is 19.4. The first-order valence-corrected chi connectivity index (χ1v) is 10.2. The molecule has 3 aromatic carbocycles. The van der Waals surface area contributed by atoms with Crippen LogP contribution in [0.5, 0.6) is 0 Å². The molecule has 0 aromatic heterocycles. The van der Waals surface area contributed by atoms with Gasteiger partial charge in [0.1, 0.15) is 0 Å². The van der Waals surface area contributed by atoms with Crippen molar-refractivity contribution in [3.8, 4) is 0 Å². The number of hydrogen-bond acceptors (Lipinski definition) is 5. The number of anilines is 4. The van der Waals surface area contributed by atoms with E-state index >= 15 is 0 Å². The van der Waals surface area contributed by atoms with Crippen molar-refractivity contribution in [2.24, 2.45) is 0 Å². The number of benzene rings is 3. The fourth-order valence-electron chi connectivity index (χ4n) is 3.61. The van der Waals surface area contributed by atoms with Crippen molar-refractivity contribution < 1.29 is 14.7 Å². The molecule has 4 rings (SSSR count). The largest absolute Gasteiger partial charge is 0.397 e. The van der Waals surface area contributed by atoms with Crippen LogP contribution in [0.3, 0.4) is 0 Å². The topological polar surface area (TPSA) is 116 Å². The van der Waals surface area contributed by atoms with Gasteiger partial charge < -0.3 is 26.8 Å². The summed E-state index contributed by atoms with van der Waals surface area (Å²) in [6.45, 7) is 3.50. The Morgan fingerprint density at radius 2 is 1.75 bits per heavy atom. The highest BCUT2D eigenvalue weighted by atomic mass is 16.3. The molecule has 7 nitrogen and oxygen atoms in total. The highest BCUT2D eigenvalue weighted by Gasteiger charge is 2.27. The maximum Gasteiger partial charge on any atom is 0.258 e. The molecule has 32 heavy (non-hydrogen) atoms. The van der Waals surface area contributed by atoms with E-state index in [4.69, 9.17) is 5.73 Å². The van der Waals surface area contributed by atoms with Gasteiger partial charge in [-0.25, -0.2) is 0 Å². The molecular formula is C25H24N4O3. The van der Waals surface area contributed by atoms with Gasteiger partial charge in [-0.05, 0) is 67.9 Å². The van der Waals surface area contributed by atoms with Gasteiger partial charge in [0.2, 0.25) is 0 Å². The number of nitrogens with one attached hydrogen (secondary N) is 3. The zero-order valence-electron chi connectivity index (χ0n) is 17.8. The van der Waals surface area contributed by atoms with Gasteiger partial charge in [-0.1, -0.05) is 18.2 Å². The number of nitrogen functional groups attached to an aromatic ring is 1. The zero-order valence-corrected chi connectivity index (χ0v) is 17.8. The lowest BCUT2D eigenvalue weighted by atomic mass is 10.0. The molecule has 1 atom stereocenters. The van der Waals surface area contributed by atoms with Crippen molar-refractivity contribution in [1.82, 2.24) is 0 Å². The van der Waals surface area contributed by atoms with Crippen LogP contribution in [0.15, 0.2) is 72.4 Å². The van der Waals surface area contributed by atoms with Gasteiger partial charge in [-0.3, -0.25) is 9.59 Å². The molecular weight excluding hydrogens is 404 g/mol. The lowest BCUT2D eigenvalue weighted by molar-refractivity contribution is -0.110. The molecule has 0 fully saturated rings. The summed E-state index contributed by atoms with van der Waals surface area (Å²) < 4.78 is 0. The minimum Gasteiger partial charge on any atom is -0.397 e. The van der Waals surface area contributed by atoms with Gasteiger partial charge in [0, 0.05) is 28.2 Å². The lowest BCUT2D eigenvalue weighted by Crippen LogP contribution is -2.13. The lowest BCUT2D eigenvalue weighted by Gasteiger charge is -2.12. The van der Waals surface area contributed by atoms with Crippen molar-refractivity contribution in [2.45, 2.75) is 20.0 Å². The molecule has 1 aliphatic rings. The van der Waals surface area contributed by atoms with E-state index < -0.39 is 6.10 Å². The monoisotopic (exact) mass is 428 g/mol. The summed E-state index contributed by atoms with van der Waals surface area (Å²) in [6.07, 6.45) is -0.629. The van der Waals surface area contributed by atoms with Gasteiger partial charge in [-0.2, -0.15) is 0 Å². The van der Waals surface area contributed by atoms with Gasteiger partial charge in [0.05, 0.1) is 23.1 Å². The molecule has 1 unspecified atom stereocenters. The SMILES string of the molecule is C/C(Nc1ccc(C(=O)Nc2ccccc2N)cc1)=C1/C(=O)Nc2ccc(C(C)O)cc21. The van der Waals surface area contributed by atoms with Crippen LogP contribution in [-0.2, 0) is 4.79 Å². The summed E-state index contributed by atoms with van der Waals surface area (Å²) >= 11 is 0. The smallest absolute Gasteiger partial charge is 0.258 e. The van der Waals surface area contributed by atoms with Crippen LogP contribution in [0.2, 0.25) is 0 Å². The molecule has 6 N–H and O–H groups in total. The first kappa shape index (κ1) is 21.1. The Labute approximate surface area is 186 Å². The van der Waals surface area contributed by atoms with Crippen LogP contribution in [0.4, 0.5) is 22.7 Å². The number of amides is 2. The summed E-state index contributed by atoms with van der Waals surface area (Å²) in [5.74, 6) is -0.469. The maximum atomic E-state index is 12.6. The number of nitrogens with two attached hydrogens (primary N) is 1. The number of aliphatic hydroxyl groups excluding tert-OH is 1. The average molecular weight is 428 g/mol. The fourth-order valence-corrected chi connectivity index (χ4v) is 3.61. The molecule has 1 aliphatic heterocycles. The number of rotatable bonds is 5. The molecule has 3 aromatic rings.